The van der Waals surface area contributed by atoms with E-state index in [2.05, 4.69) is 0 Å². The molecule has 1 aromatic carbocycles. The highest BCUT2D eigenvalue weighted by Gasteiger charge is 2.20. The molecule has 3 rings (SSSR count). The lowest BCUT2D eigenvalue weighted by atomic mass is 9.99. The van der Waals surface area contributed by atoms with E-state index in [1.807, 2.05) is 12.1 Å². The topological polar surface area (TPSA) is 47.3 Å². The molecule has 1 aromatic heterocycles. The molecule has 0 unspecified atom stereocenters. The number of fused-ring (bicyclic) bond motifs is 1. The number of sulfone groups is 1. The molecule has 0 amide bonds. The van der Waals surface area contributed by atoms with Gasteiger partial charge >= 0.3 is 0 Å². The lowest BCUT2D eigenvalue weighted by molar-refractivity contribution is 0.452. The highest BCUT2D eigenvalue weighted by atomic mass is 32.2. The van der Waals surface area contributed by atoms with Crippen molar-refractivity contribution in [1.82, 2.24) is 0 Å². The van der Waals surface area contributed by atoms with E-state index in [4.69, 9.17) is 4.42 Å². The van der Waals surface area contributed by atoms with Crippen molar-refractivity contribution in [2.45, 2.75) is 36.3 Å². The highest BCUT2D eigenvalue weighted by molar-refractivity contribution is 7.90. The molecule has 0 fully saturated rings. The second kappa shape index (κ2) is 4.85. The molecule has 0 bridgehead atoms. The Hall–Kier alpha value is -1.55. The fourth-order valence-corrected chi connectivity index (χ4v) is 3.78. The maximum absolute atomic E-state index is 12.3. The Morgan fingerprint density at radius 2 is 1.79 bits per heavy atom. The zero-order chi connectivity index (χ0) is 13.3. The van der Waals surface area contributed by atoms with Crippen LogP contribution in [0.3, 0.4) is 0 Å². The van der Waals surface area contributed by atoms with Crippen LogP contribution in [-0.2, 0) is 28.4 Å². The summed E-state index contributed by atoms with van der Waals surface area (Å²) in [5.74, 6) is 1.49. The largest absolute Gasteiger partial charge is 0.465 e. The van der Waals surface area contributed by atoms with Crippen LogP contribution in [0.25, 0.3) is 0 Å². The van der Waals surface area contributed by atoms with E-state index in [0.717, 1.165) is 31.4 Å². The molecule has 0 atom stereocenters. The molecule has 3 nitrogen and oxygen atoms in total. The molecule has 0 saturated carbocycles. The maximum Gasteiger partial charge on any atom is 0.185 e. The minimum atomic E-state index is -3.31. The van der Waals surface area contributed by atoms with Crippen LogP contribution in [0.15, 0.2) is 45.7 Å². The summed E-state index contributed by atoms with van der Waals surface area (Å²) in [5.41, 5.74) is 1.18. The van der Waals surface area contributed by atoms with E-state index < -0.39 is 9.84 Å². The molecule has 2 aromatic rings. The van der Waals surface area contributed by atoms with Crippen LogP contribution in [0.5, 0.6) is 0 Å². The van der Waals surface area contributed by atoms with Crippen LogP contribution >= 0.6 is 0 Å². The Kier molecular flexibility index (Phi) is 3.19. The van der Waals surface area contributed by atoms with Gasteiger partial charge in [0.25, 0.3) is 0 Å². The average molecular weight is 276 g/mol. The number of hydrogen-bond donors (Lipinski definition) is 0. The first-order valence-corrected chi connectivity index (χ1v) is 8.19. The SMILES string of the molecule is O=S(=O)(Cc1cc2c(o1)CCCC2)c1ccccc1. The fraction of sp³-hybridized carbons (Fsp3) is 0.333. The van der Waals surface area contributed by atoms with Crippen LogP contribution in [0.1, 0.15) is 29.9 Å². The second-order valence-electron chi connectivity index (χ2n) is 4.94. The molecule has 1 aliphatic carbocycles. The molecule has 0 aliphatic heterocycles. The second-order valence-corrected chi connectivity index (χ2v) is 6.93. The predicted octanol–water partition coefficient (Wildman–Crippen LogP) is 3.13. The molecule has 0 spiro atoms. The smallest absolute Gasteiger partial charge is 0.185 e. The quantitative estimate of drug-likeness (QED) is 0.865. The van der Waals surface area contributed by atoms with Crippen molar-refractivity contribution in [1.29, 1.82) is 0 Å². The van der Waals surface area contributed by atoms with Crippen molar-refractivity contribution < 1.29 is 12.8 Å². The number of rotatable bonds is 3. The van der Waals surface area contributed by atoms with Crippen LogP contribution in [0, 0.1) is 0 Å². The van der Waals surface area contributed by atoms with E-state index in [0.29, 0.717) is 10.7 Å². The molecule has 19 heavy (non-hydrogen) atoms. The van der Waals surface area contributed by atoms with Gasteiger partial charge in [0.15, 0.2) is 9.84 Å². The van der Waals surface area contributed by atoms with Gasteiger partial charge in [-0.25, -0.2) is 8.42 Å². The first-order valence-electron chi connectivity index (χ1n) is 6.53. The van der Waals surface area contributed by atoms with E-state index in [1.165, 1.54) is 5.56 Å². The Bertz CT molecular complexity index is 645. The minimum Gasteiger partial charge on any atom is -0.465 e. The van der Waals surface area contributed by atoms with Crippen molar-refractivity contribution in [3.63, 3.8) is 0 Å². The van der Waals surface area contributed by atoms with E-state index in [1.54, 1.807) is 24.3 Å². The van der Waals surface area contributed by atoms with Gasteiger partial charge in [0.05, 0.1) is 4.90 Å². The van der Waals surface area contributed by atoms with Crippen molar-refractivity contribution >= 4 is 9.84 Å². The fourth-order valence-electron chi connectivity index (χ4n) is 2.52. The molecule has 0 N–H and O–H groups in total. The lowest BCUT2D eigenvalue weighted by Crippen LogP contribution is -2.03. The maximum atomic E-state index is 12.3. The van der Waals surface area contributed by atoms with Crippen LogP contribution in [-0.4, -0.2) is 8.42 Å². The van der Waals surface area contributed by atoms with Crippen molar-refractivity contribution in [2.24, 2.45) is 0 Å². The third-order valence-electron chi connectivity index (χ3n) is 3.48. The van der Waals surface area contributed by atoms with Gasteiger partial charge in [0.2, 0.25) is 0 Å². The third-order valence-corrected chi connectivity index (χ3v) is 5.14. The molecule has 4 heteroatoms. The van der Waals surface area contributed by atoms with Crippen LogP contribution in [0.4, 0.5) is 0 Å². The summed E-state index contributed by atoms with van der Waals surface area (Å²) in [5, 5.41) is 0. The standard InChI is InChI=1S/C15H16O3S/c16-19(17,14-7-2-1-3-8-14)11-13-10-12-6-4-5-9-15(12)18-13/h1-3,7-8,10H,4-6,9,11H2. The Labute approximate surface area is 113 Å². The number of furan rings is 1. The van der Waals surface area contributed by atoms with Gasteiger partial charge in [0, 0.05) is 6.42 Å². The molecular weight excluding hydrogens is 260 g/mol. The molecular formula is C15H16O3S. The summed E-state index contributed by atoms with van der Waals surface area (Å²) in [6.07, 6.45) is 4.23. The number of hydrogen-bond acceptors (Lipinski definition) is 3. The summed E-state index contributed by atoms with van der Waals surface area (Å²) < 4.78 is 30.2. The van der Waals surface area contributed by atoms with Gasteiger partial charge in [-0.2, -0.15) is 0 Å². The molecule has 100 valence electrons. The summed E-state index contributed by atoms with van der Waals surface area (Å²) in [7, 11) is -3.31. The van der Waals surface area contributed by atoms with Gasteiger partial charge < -0.3 is 4.42 Å². The molecule has 1 aliphatic rings. The van der Waals surface area contributed by atoms with Gasteiger partial charge in [0.1, 0.15) is 17.3 Å². The zero-order valence-corrected chi connectivity index (χ0v) is 11.4. The summed E-state index contributed by atoms with van der Waals surface area (Å²) in [6, 6.07) is 10.4. The molecule has 1 heterocycles. The Morgan fingerprint density at radius 1 is 1.05 bits per heavy atom. The van der Waals surface area contributed by atoms with Crippen molar-refractivity contribution in [2.75, 3.05) is 0 Å². The van der Waals surface area contributed by atoms with E-state index >= 15 is 0 Å². The summed E-state index contributed by atoms with van der Waals surface area (Å²) in [4.78, 5) is 0.351. The minimum absolute atomic E-state index is 0.0516. The summed E-state index contributed by atoms with van der Waals surface area (Å²) in [6.45, 7) is 0. The normalized spacial score (nSPS) is 15.2. The van der Waals surface area contributed by atoms with Crippen molar-refractivity contribution in [3.05, 3.63) is 53.5 Å². The van der Waals surface area contributed by atoms with E-state index in [-0.39, 0.29) is 5.75 Å². The Balaban J connectivity index is 1.87. The zero-order valence-electron chi connectivity index (χ0n) is 10.6. The third kappa shape index (κ3) is 2.59. The van der Waals surface area contributed by atoms with Crippen LogP contribution < -0.4 is 0 Å². The van der Waals surface area contributed by atoms with Gasteiger partial charge in [-0.15, -0.1) is 0 Å². The first kappa shape index (κ1) is 12.5. The molecule has 0 radical (unpaired) electrons. The Morgan fingerprint density at radius 3 is 2.53 bits per heavy atom. The lowest BCUT2D eigenvalue weighted by Gasteiger charge is -2.07. The first-order chi connectivity index (χ1) is 9.15. The summed E-state index contributed by atoms with van der Waals surface area (Å²) >= 11 is 0. The predicted molar refractivity (Wildman–Crippen MR) is 72.7 cm³/mol. The number of aryl methyl sites for hydroxylation is 2. The van der Waals surface area contributed by atoms with E-state index in [9.17, 15) is 8.42 Å². The highest BCUT2D eigenvalue weighted by Crippen LogP contribution is 2.26. The van der Waals surface area contributed by atoms with Crippen LogP contribution in [0.2, 0.25) is 0 Å². The molecule has 0 saturated heterocycles. The number of benzene rings is 1. The monoisotopic (exact) mass is 276 g/mol. The van der Waals surface area contributed by atoms with Gasteiger partial charge in [-0.3, -0.25) is 0 Å². The average Bonchev–Trinajstić information content (AvgIpc) is 2.81. The van der Waals surface area contributed by atoms with Crippen molar-refractivity contribution in [3.8, 4) is 0 Å². The van der Waals surface area contributed by atoms with Gasteiger partial charge in [-0.05, 0) is 43.0 Å². The van der Waals surface area contributed by atoms with Gasteiger partial charge in [-0.1, -0.05) is 18.2 Å².